The van der Waals surface area contributed by atoms with Gasteiger partial charge in [-0.05, 0) is 66.3 Å². The normalized spacial score (nSPS) is 17.4. The number of benzene rings is 2. The number of carbonyl (C=O) groups is 1. The second-order valence-corrected chi connectivity index (χ2v) is 12.8. The molecular weight excluding hydrogens is 557 g/mol. The van der Waals surface area contributed by atoms with Crippen molar-refractivity contribution in [1.82, 2.24) is 9.88 Å². The van der Waals surface area contributed by atoms with Crippen molar-refractivity contribution < 1.29 is 35.9 Å². The molecule has 41 heavy (non-hydrogen) atoms. The van der Waals surface area contributed by atoms with Crippen LogP contribution in [0.2, 0.25) is 0 Å². The summed E-state index contributed by atoms with van der Waals surface area (Å²) in [5.74, 6) is 0.584. The van der Waals surface area contributed by atoms with Crippen molar-refractivity contribution in [2.24, 2.45) is 0 Å². The molecule has 218 valence electrons. The first-order valence-corrected chi connectivity index (χ1v) is 15.3. The third-order valence-corrected chi connectivity index (χ3v) is 9.18. The molecule has 0 N–H and O–H groups in total. The summed E-state index contributed by atoms with van der Waals surface area (Å²) >= 11 is 0. The second kappa shape index (κ2) is 11.3. The van der Waals surface area contributed by atoms with Crippen molar-refractivity contribution in [3.8, 4) is 16.9 Å². The molecule has 2 aliphatic rings. The Morgan fingerprint density at radius 3 is 2.39 bits per heavy atom. The minimum atomic E-state index is -4.59. The Morgan fingerprint density at radius 2 is 1.73 bits per heavy atom. The standard InChI is InChI=1S/C30H31F3N2O5S/c1-21(30(31,32)33)39-28(36)35-16-13-29(14-17-35)12-11-25-18-24(9-10-27(25)40-29)23-7-5-22(6-8-23)19-41(37,38)20-26-4-2-3-15-34-26/h2-10,15,18,21H,11-14,16-17,19-20H2,1H3. The van der Waals surface area contributed by atoms with Crippen LogP contribution in [-0.4, -0.2) is 55.4 Å². The molecule has 2 aliphatic heterocycles. The van der Waals surface area contributed by atoms with E-state index in [4.69, 9.17) is 4.74 Å². The number of rotatable bonds is 6. The number of piperidine rings is 1. The lowest BCUT2D eigenvalue weighted by molar-refractivity contribution is -0.200. The molecular formula is C30H31F3N2O5S. The Morgan fingerprint density at radius 1 is 1.02 bits per heavy atom. The number of sulfone groups is 1. The van der Waals surface area contributed by atoms with E-state index < -0.39 is 33.8 Å². The van der Waals surface area contributed by atoms with Crippen molar-refractivity contribution in [2.75, 3.05) is 13.1 Å². The summed E-state index contributed by atoms with van der Waals surface area (Å²) in [4.78, 5) is 17.6. The molecule has 0 aliphatic carbocycles. The number of pyridine rings is 1. The fourth-order valence-corrected chi connectivity index (χ4v) is 6.67. The average Bonchev–Trinajstić information content (AvgIpc) is 2.93. The zero-order valence-corrected chi connectivity index (χ0v) is 23.4. The number of halogens is 3. The molecule has 0 saturated carbocycles. The van der Waals surface area contributed by atoms with Crippen LogP contribution in [0.4, 0.5) is 18.0 Å². The van der Waals surface area contributed by atoms with Gasteiger partial charge in [0.2, 0.25) is 0 Å². The lowest BCUT2D eigenvalue weighted by atomic mass is 9.82. The second-order valence-electron chi connectivity index (χ2n) is 10.7. The first-order chi connectivity index (χ1) is 19.4. The Labute approximate surface area is 237 Å². The SMILES string of the molecule is CC(OC(=O)N1CCC2(CCc3cc(-c4ccc(CS(=O)(=O)Cc5ccccn5)cc4)ccc3O2)CC1)C(F)(F)F. The molecule has 7 nitrogen and oxygen atoms in total. The summed E-state index contributed by atoms with van der Waals surface area (Å²) in [7, 11) is -3.36. The monoisotopic (exact) mass is 588 g/mol. The van der Waals surface area contributed by atoms with Gasteiger partial charge in [0.15, 0.2) is 15.9 Å². The first kappa shape index (κ1) is 28.9. The maximum absolute atomic E-state index is 12.7. The van der Waals surface area contributed by atoms with E-state index in [0.29, 0.717) is 24.1 Å². The predicted molar refractivity (Wildman–Crippen MR) is 147 cm³/mol. The van der Waals surface area contributed by atoms with Crippen molar-refractivity contribution in [3.63, 3.8) is 0 Å². The number of fused-ring (bicyclic) bond motifs is 1. The molecule has 1 aromatic heterocycles. The summed E-state index contributed by atoms with van der Waals surface area (Å²) in [6.45, 7) is 1.35. The highest BCUT2D eigenvalue weighted by Gasteiger charge is 2.43. The number of hydrogen-bond acceptors (Lipinski definition) is 6. The van der Waals surface area contributed by atoms with Gasteiger partial charge >= 0.3 is 12.3 Å². The molecule has 0 radical (unpaired) electrons. The average molecular weight is 589 g/mol. The summed E-state index contributed by atoms with van der Waals surface area (Å²) in [5, 5.41) is 0. The van der Waals surface area contributed by atoms with Crippen LogP contribution in [0, 0.1) is 0 Å². The van der Waals surface area contributed by atoms with E-state index in [1.807, 2.05) is 36.4 Å². The number of carbonyl (C=O) groups excluding carboxylic acids is 1. The largest absolute Gasteiger partial charge is 0.487 e. The number of nitrogens with zero attached hydrogens (tertiary/aromatic N) is 2. The number of hydrogen-bond donors (Lipinski definition) is 0. The Balaban J connectivity index is 1.19. The van der Waals surface area contributed by atoms with E-state index >= 15 is 0 Å². The Hall–Kier alpha value is -3.60. The number of alkyl halides is 3. The van der Waals surface area contributed by atoms with Gasteiger partial charge in [0, 0.05) is 32.1 Å². The van der Waals surface area contributed by atoms with Gasteiger partial charge in [-0.25, -0.2) is 13.2 Å². The minimum Gasteiger partial charge on any atom is -0.487 e. The van der Waals surface area contributed by atoms with Crippen LogP contribution in [0.3, 0.4) is 0 Å². The first-order valence-electron chi connectivity index (χ1n) is 13.5. The van der Waals surface area contributed by atoms with Crippen LogP contribution in [0.15, 0.2) is 66.9 Å². The van der Waals surface area contributed by atoms with Crippen molar-refractivity contribution in [3.05, 3.63) is 83.7 Å². The van der Waals surface area contributed by atoms with Crippen molar-refractivity contribution in [2.45, 2.75) is 62.0 Å². The third kappa shape index (κ3) is 7.01. The van der Waals surface area contributed by atoms with Crippen LogP contribution in [0.25, 0.3) is 11.1 Å². The van der Waals surface area contributed by atoms with E-state index in [-0.39, 0.29) is 24.6 Å². The fraction of sp³-hybridized carbons (Fsp3) is 0.400. The van der Waals surface area contributed by atoms with Crippen LogP contribution >= 0.6 is 0 Å². The van der Waals surface area contributed by atoms with Crippen molar-refractivity contribution in [1.29, 1.82) is 0 Å². The fourth-order valence-electron chi connectivity index (χ4n) is 5.25. The lowest BCUT2D eigenvalue weighted by Gasteiger charge is -2.44. The number of amides is 1. The van der Waals surface area contributed by atoms with Gasteiger partial charge in [0.25, 0.3) is 0 Å². The minimum absolute atomic E-state index is 0.0690. The molecule has 1 fully saturated rings. The molecule has 1 spiro atoms. The highest BCUT2D eigenvalue weighted by Crippen LogP contribution is 2.41. The molecule has 11 heteroatoms. The quantitative estimate of drug-likeness (QED) is 0.346. The van der Waals surface area contributed by atoms with Crippen molar-refractivity contribution >= 4 is 15.9 Å². The van der Waals surface area contributed by atoms with Gasteiger partial charge in [-0.15, -0.1) is 0 Å². The van der Waals surface area contributed by atoms with Crippen LogP contribution < -0.4 is 4.74 Å². The van der Waals surface area contributed by atoms with Gasteiger partial charge in [0.05, 0.1) is 17.2 Å². The molecule has 1 amide bonds. The van der Waals surface area contributed by atoms with Gasteiger partial charge < -0.3 is 14.4 Å². The Kier molecular flexibility index (Phi) is 8.00. The predicted octanol–water partition coefficient (Wildman–Crippen LogP) is 6.11. The maximum atomic E-state index is 12.7. The zero-order chi connectivity index (χ0) is 29.3. The van der Waals surface area contributed by atoms with E-state index in [2.05, 4.69) is 15.8 Å². The molecule has 5 rings (SSSR count). The number of aryl methyl sites for hydroxylation is 1. The highest BCUT2D eigenvalue weighted by atomic mass is 32.2. The Bertz CT molecular complexity index is 1490. The molecule has 2 aromatic carbocycles. The van der Waals surface area contributed by atoms with Gasteiger partial charge in [-0.2, -0.15) is 13.2 Å². The molecule has 1 saturated heterocycles. The molecule has 1 atom stereocenters. The van der Waals surface area contributed by atoms with E-state index in [9.17, 15) is 26.4 Å². The van der Waals surface area contributed by atoms with Gasteiger partial charge in [0.1, 0.15) is 11.4 Å². The van der Waals surface area contributed by atoms with E-state index in [0.717, 1.165) is 42.2 Å². The lowest BCUT2D eigenvalue weighted by Crippen LogP contribution is -2.52. The number of likely N-dealkylation sites (tertiary alicyclic amines) is 1. The highest BCUT2D eigenvalue weighted by molar-refractivity contribution is 7.89. The van der Waals surface area contributed by atoms with E-state index in [1.54, 1.807) is 24.4 Å². The zero-order valence-electron chi connectivity index (χ0n) is 22.6. The van der Waals surface area contributed by atoms with Crippen LogP contribution in [0.5, 0.6) is 5.75 Å². The molecule has 3 aromatic rings. The topological polar surface area (TPSA) is 85.8 Å². The summed E-state index contributed by atoms with van der Waals surface area (Å²) in [5.41, 5.74) is 3.75. The summed E-state index contributed by atoms with van der Waals surface area (Å²) in [6, 6.07) is 18.6. The number of ether oxygens (including phenoxy) is 2. The van der Waals surface area contributed by atoms with Crippen LogP contribution in [0.1, 0.15) is 43.0 Å². The maximum Gasteiger partial charge on any atom is 0.425 e. The third-order valence-electron chi connectivity index (χ3n) is 7.68. The number of aromatic nitrogens is 1. The molecule has 3 heterocycles. The molecule has 1 unspecified atom stereocenters. The molecule has 0 bridgehead atoms. The van der Waals surface area contributed by atoms with E-state index in [1.165, 1.54) is 4.90 Å². The smallest absolute Gasteiger partial charge is 0.425 e. The van der Waals surface area contributed by atoms with Crippen LogP contribution in [-0.2, 0) is 32.5 Å². The summed E-state index contributed by atoms with van der Waals surface area (Å²) < 4.78 is 74.5. The van der Waals surface area contributed by atoms with Gasteiger partial charge in [-0.3, -0.25) is 4.98 Å². The van der Waals surface area contributed by atoms with Gasteiger partial charge in [-0.1, -0.05) is 36.4 Å². The summed E-state index contributed by atoms with van der Waals surface area (Å²) in [6.07, 6.45) is -3.60.